The van der Waals surface area contributed by atoms with Crippen LogP contribution in [-0.4, -0.2) is 44.6 Å². The van der Waals surface area contributed by atoms with Crippen LogP contribution in [0.3, 0.4) is 0 Å². The highest BCUT2D eigenvalue weighted by Gasteiger charge is 2.31. The minimum atomic E-state index is -4.75. The summed E-state index contributed by atoms with van der Waals surface area (Å²) in [7, 11) is 0. The second-order valence-corrected chi connectivity index (χ2v) is 10.9. The third-order valence-corrected chi connectivity index (χ3v) is 7.58. The molecule has 0 bridgehead atoms. The molecule has 1 N–H and O–H groups in total. The van der Waals surface area contributed by atoms with E-state index >= 15 is 0 Å². The van der Waals surface area contributed by atoms with Crippen LogP contribution in [0.2, 0.25) is 0 Å². The number of carbonyl (C=O) groups excluding carboxylic acids is 1. The molecule has 218 valence electrons. The molecule has 1 fully saturated rings. The number of aromatic nitrogens is 3. The molecule has 1 aromatic heterocycles. The van der Waals surface area contributed by atoms with Crippen LogP contribution in [0.15, 0.2) is 84.1 Å². The van der Waals surface area contributed by atoms with E-state index in [2.05, 4.69) is 56.0 Å². The van der Waals surface area contributed by atoms with Gasteiger partial charge in [0.25, 0.3) is 0 Å². The third kappa shape index (κ3) is 7.30. The van der Waals surface area contributed by atoms with Crippen molar-refractivity contribution in [3.8, 4) is 22.8 Å². The molecule has 1 saturated heterocycles. The normalized spacial score (nSPS) is 14.8. The van der Waals surface area contributed by atoms with Gasteiger partial charge in [0, 0.05) is 30.1 Å². The van der Waals surface area contributed by atoms with Crippen molar-refractivity contribution < 1.29 is 22.7 Å². The van der Waals surface area contributed by atoms with E-state index in [0.29, 0.717) is 29.1 Å². The Morgan fingerprint density at radius 1 is 1.07 bits per heavy atom. The highest BCUT2D eigenvalue weighted by atomic mass is 32.2. The van der Waals surface area contributed by atoms with Crippen molar-refractivity contribution in [3.63, 3.8) is 0 Å². The predicted octanol–water partition coefficient (Wildman–Crippen LogP) is 7.17. The summed E-state index contributed by atoms with van der Waals surface area (Å²) in [6.45, 7) is 5.43. The molecule has 3 aromatic carbocycles. The van der Waals surface area contributed by atoms with Crippen LogP contribution in [0, 0.1) is 0 Å². The number of rotatable bonds is 7. The largest absolute Gasteiger partial charge is 0.573 e. The number of alkyl halides is 3. The van der Waals surface area contributed by atoms with Gasteiger partial charge in [0.1, 0.15) is 12.1 Å². The lowest BCUT2D eigenvalue weighted by Crippen LogP contribution is -2.36. The summed E-state index contributed by atoms with van der Waals surface area (Å²) in [5.41, 5.74) is 4.47. The third-order valence-electron chi connectivity index (χ3n) is 6.52. The van der Waals surface area contributed by atoms with Gasteiger partial charge in [-0.1, -0.05) is 68.1 Å². The molecule has 0 unspecified atom stereocenters. The Hall–Kier alpha value is -4.32. The van der Waals surface area contributed by atoms with Crippen LogP contribution in [0.4, 0.5) is 23.7 Å². The van der Waals surface area contributed by atoms with Gasteiger partial charge in [-0.3, -0.25) is 0 Å². The molecule has 1 aliphatic heterocycles. The zero-order valence-corrected chi connectivity index (χ0v) is 23.8. The molecule has 5 rings (SSSR count). The first-order chi connectivity index (χ1) is 20.2. The topological polar surface area (TPSA) is 84.6 Å². The number of anilines is 1. The lowest BCUT2D eigenvalue weighted by atomic mass is 10.0. The molecular weight excluding hydrogens is 565 g/mol. The van der Waals surface area contributed by atoms with E-state index in [-0.39, 0.29) is 5.75 Å². The summed E-state index contributed by atoms with van der Waals surface area (Å²) < 4.78 is 42.6. The molecule has 8 nitrogen and oxygen atoms in total. The average molecular weight is 595 g/mol. The number of carbonyl (C=O) groups is 1. The first-order valence-electron chi connectivity index (χ1n) is 13.4. The van der Waals surface area contributed by atoms with Gasteiger partial charge in [0.2, 0.25) is 0 Å². The number of hydrogen-bond donors (Lipinski definition) is 1. The first-order valence-corrected chi connectivity index (χ1v) is 14.4. The number of halogens is 3. The molecule has 2 heterocycles. The summed E-state index contributed by atoms with van der Waals surface area (Å²) >= 11 is 1.59. The van der Waals surface area contributed by atoms with Gasteiger partial charge in [-0.05, 0) is 53.8 Å². The predicted molar refractivity (Wildman–Crippen MR) is 158 cm³/mol. The summed E-state index contributed by atoms with van der Waals surface area (Å²) in [5.74, 6) is 1.40. The zero-order chi connectivity index (χ0) is 29.7. The SMILES string of the molecule is CC(C)c1ccccc1N1CCCS/C1=N\C(=O)NCc1ccc(-c2ncn(-c3ccc(OC(F)(F)F)cc3)n2)cc1. The molecular formula is C30H29F3N6O2S. The number of para-hydroxylation sites is 1. The van der Waals surface area contributed by atoms with Crippen molar-refractivity contribution in [1.29, 1.82) is 0 Å². The van der Waals surface area contributed by atoms with E-state index < -0.39 is 12.4 Å². The summed E-state index contributed by atoms with van der Waals surface area (Å²) in [4.78, 5) is 23.6. The van der Waals surface area contributed by atoms with Crippen LogP contribution in [0.5, 0.6) is 5.75 Å². The van der Waals surface area contributed by atoms with Crippen molar-refractivity contribution in [2.45, 2.75) is 39.1 Å². The summed E-state index contributed by atoms with van der Waals surface area (Å²) in [5, 5.41) is 8.00. The van der Waals surface area contributed by atoms with E-state index in [0.717, 1.165) is 35.5 Å². The number of aliphatic imine (C=N–C) groups is 1. The number of hydrogen-bond acceptors (Lipinski definition) is 5. The number of nitrogens with one attached hydrogen (secondary N) is 1. The van der Waals surface area contributed by atoms with Crippen molar-refractivity contribution in [2.24, 2.45) is 4.99 Å². The minimum absolute atomic E-state index is 0.303. The van der Waals surface area contributed by atoms with Crippen LogP contribution < -0.4 is 15.0 Å². The Balaban J connectivity index is 1.20. The highest BCUT2D eigenvalue weighted by molar-refractivity contribution is 8.14. The van der Waals surface area contributed by atoms with Crippen LogP contribution in [0.1, 0.15) is 37.3 Å². The molecule has 4 aromatic rings. The number of nitrogens with zero attached hydrogens (tertiary/aromatic N) is 5. The molecule has 0 atom stereocenters. The summed E-state index contributed by atoms with van der Waals surface area (Å²) in [6, 6.07) is 20.6. The fourth-order valence-electron chi connectivity index (χ4n) is 4.49. The second-order valence-electron chi connectivity index (χ2n) is 9.87. The van der Waals surface area contributed by atoms with E-state index in [1.807, 2.05) is 36.4 Å². The Morgan fingerprint density at radius 2 is 1.81 bits per heavy atom. The van der Waals surface area contributed by atoms with E-state index in [9.17, 15) is 18.0 Å². The Bertz CT molecular complexity index is 1550. The Kier molecular flexibility index (Phi) is 8.81. The molecule has 0 saturated carbocycles. The molecule has 2 amide bonds. The number of urea groups is 1. The standard InChI is InChI=1S/C30H29F3N6O2S/c1-20(2)25-6-3-4-7-26(25)38-16-5-17-42-29(38)36-28(40)34-18-21-8-10-22(11-9-21)27-35-19-39(37-27)23-12-14-24(15-13-23)41-30(31,32)33/h3-4,6-15,19-20H,5,16-18H2,1-2H3,(H,34,40)/b36-29-. The molecule has 0 spiro atoms. The first kappa shape index (κ1) is 29.2. The molecule has 1 aliphatic rings. The summed E-state index contributed by atoms with van der Waals surface area (Å²) in [6.07, 6.45) is -2.25. The van der Waals surface area contributed by atoms with Crippen molar-refractivity contribution in [1.82, 2.24) is 20.1 Å². The molecule has 0 aliphatic carbocycles. The second kappa shape index (κ2) is 12.7. The number of ether oxygens (including phenoxy) is 1. The Labute approximate surface area is 245 Å². The van der Waals surface area contributed by atoms with Crippen LogP contribution in [-0.2, 0) is 6.54 Å². The number of amides is 2. The van der Waals surface area contributed by atoms with Gasteiger partial charge in [-0.25, -0.2) is 14.5 Å². The van der Waals surface area contributed by atoms with Crippen LogP contribution >= 0.6 is 11.8 Å². The van der Waals surface area contributed by atoms with Gasteiger partial charge in [-0.15, -0.1) is 18.3 Å². The maximum atomic E-state index is 12.8. The molecule has 12 heteroatoms. The maximum absolute atomic E-state index is 12.8. The van der Waals surface area contributed by atoms with Crippen LogP contribution in [0.25, 0.3) is 17.1 Å². The molecule has 42 heavy (non-hydrogen) atoms. The van der Waals surface area contributed by atoms with E-state index in [4.69, 9.17) is 0 Å². The number of benzene rings is 3. The fraction of sp³-hybridized carbons (Fsp3) is 0.267. The number of amidine groups is 1. The lowest BCUT2D eigenvalue weighted by Gasteiger charge is -2.31. The van der Waals surface area contributed by atoms with Gasteiger partial charge in [-0.2, -0.15) is 4.99 Å². The quantitative estimate of drug-likeness (QED) is 0.244. The van der Waals surface area contributed by atoms with Crippen molar-refractivity contribution >= 4 is 28.6 Å². The smallest absolute Gasteiger partial charge is 0.406 e. The van der Waals surface area contributed by atoms with Crippen molar-refractivity contribution in [2.75, 3.05) is 17.2 Å². The van der Waals surface area contributed by atoms with Crippen molar-refractivity contribution in [3.05, 3.63) is 90.3 Å². The molecule has 0 radical (unpaired) electrons. The highest BCUT2D eigenvalue weighted by Crippen LogP contribution is 2.32. The zero-order valence-electron chi connectivity index (χ0n) is 23.0. The van der Waals surface area contributed by atoms with Gasteiger partial charge in [0.15, 0.2) is 11.0 Å². The van der Waals surface area contributed by atoms with E-state index in [1.165, 1.54) is 40.8 Å². The van der Waals surface area contributed by atoms with E-state index in [1.54, 1.807) is 11.8 Å². The minimum Gasteiger partial charge on any atom is -0.406 e. The maximum Gasteiger partial charge on any atom is 0.573 e. The monoisotopic (exact) mass is 594 g/mol. The fourth-order valence-corrected chi connectivity index (χ4v) is 5.44. The van der Waals surface area contributed by atoms with Gasteiger partial charge < -0.3 is 15.0 Å². The van der Waals surface area contributed by atoms with Gasteiger partial charge >= 0.3 is 12.4 Å². The van der Waals surface area contributed by atoms with Gasteiger partial charge in [0.05, 0.1) is 5.69 Å². The lowest BCUT2D eigenvalue weighted by molar-refractivity contribution is -0.274. The number of thioether (sulfide) groups is 1. The average Bonchev–Trinajstić information content (AvgIpc) is 3.47. The Morgan fingerprint density at radius 3 is 2.52 bits per heavy atom.